The fourth-order valence-corrected chi connectivity index (χ4v) is 2.11. The molecule has 0 bridgehead atoms. The van der Waals surface area contributed by atoms with Crippen molar-refractivity contribution in [2.24, 2.45) is 0 Å². The molecule has 0 heterocycles. The molecule has 0 aliphatic rings. The highest BCUT2D eigenvalue weighted by Gasteiger charge is 2.07. The Labute approximate surface area is 125 Å². The second-order valence-corrected chi connectivity index (χ2v) is 5.44. The average Bonchev–Trinajstić information content (AvgIpc) is 2.31. The van der Waals surface area contributed by atoms with Crippen LogP contribution in [0.5, 0.6) is 17.2 Å². The SMILES string of the molecule is CC(C)Oc1cc(N)cc(Oc2ccc(F)cc2Br)c1. The molecule has 106 valence electrons. The van der Waals surface area contributed by atoms with Gasteiger partial charge in [0.2, 0.25) is 0 Å². The quantitative estimate of drug-likeness (QED) is 0.817. The Morgan fingerprint density at radius 2 is 1.80 bits per heavy atom. The summed E-state index contributed by atoms with van der Waals surface area (Å²) in [6, 6.07) is 9.37. The van der Waals surface area contributed by atoms with Crippen LogP contribution in [0.3, 0.4) is 0 Å². The summed E-state index contributed by atoms with van der Waals surface area (Å²) in [4.78, 5) is 0. The maximum absolute atomic E-state index is 13.0. The van der Waals surface area contributed by atoms with Crippen LogP contribution >= 0.6 is 15.9 Å². The lowest BCUT2D eigenvalue weighted by Gasteiger charge is -2.13. The van der Waals surface area contributed by atoms with Crippen LogP contribution in [0.25, 0.3) is 0 Å². The molecule has 0 saturated carbocycles. The number of hydrogen-bond donors (Lipinski definition) is 1. The molecule has 0 saturated heterocycles. The summed E-state index contributed by atoms with van der Waals surface area (Å²) in [5.41, 5.74) is 6.36. The number of nitrogen functional groups attached to an aromatic ring is 1. The van der Waals surface area contributed by atoms with E-state index in [1.807, 2.05) is 13.8 Å². The first kappa shape index (κ1) is 14.7. The maximum atomic E-state index is 13.0. The van der Waals surface area contributed by atoms with Crippen molar-refractivity contribution in [2.75, 3.05) is 5.73 Å². The molecule has 2 N–H and O–H groups in total. The smallest absolute Gasteiger partial charge is 0.141 e. The topological polar surface area (TPSA) is 44.5 Å². The van der Waals surface area contributed by atoms with Crippen molar-refractivity contribution in [2.45, 2.75) is 20.0 Å². The van der Waals surface area contributed by atoms with Crippen molar-refractivity contribution in [1.29, 1.82) is 0 Å². The Morgan fingerprint density at radius 3 is 2.45 bits per heavy atom. The van der Waals surface area contributed by atoms with E-state index in [0.717, 1.165) is 0 Å². The Morgan fingerprint density at radius 1 is 1.10 bits per heavy atom. The number of halogens is 2. The van der Waals surface area contributed by atoms with E-state index in [0.29, 0.717) is 27.4 Å². The molecule has 2 rings (SSSR count). The van der Waals surface area contributed by atoms with Crippen LogP contribution in [0.4, 0.5) is 10.1 Å². The molecule has 0 radical (unpaired) electrons. The van der Waals surface area contributed by atoms with E-state index < -0.39 is 0 Å². The molecule has 20 heavy (non-hydrogen) atoms. The van der Waals surface area contributed by atoms with Crippen LogP contribution in [-0.2, 0) is 0 Å². The number of nitrogens with two attached hydrogens (primary N) is 1. The van der Waals surface area contributed by atoms with E-state index in [2.05, 4.69) is 15.9 Å². The van der Waals surface area contributed by atoms with Gasteiger partial charge in [-0.3, -0.25) is 0 Å². The number of benzene rings is 2. The summed E-state index contributed by atoms with van der Waals surface area (Å²) in [7, 11) is 0. The van der Waals surface area contributed by atoms with Crippen molar-refractivity contribution in [1.82, 2.24) is 0 Å². The lowest BCUT2D eigenvalue weighted by Crippen LogP contribution is -2.05. The third-order valence-electron chi connectivity index (χ3n) is 2.40. The fraction of sp³-hybridized carbons (Fsp3) is 0.200. The van der Waals surface area contributed by atoms with Gasteiger partial charge in [-0.25, -0.2) is 4.39 Å². The average molecular weight is 340 g/mol. The first-order chi connectivity index (χ1) is 9.44. The number of ether oxygens (including phenoxy) is 2. The molecule has 0 atom stereocenters. The molecule has 0 unspecified atom stereocenters. The summed E-state index contributed by atoms with van der Waals surface area (Å²) in [5.74, 6) is 1.34. The molecular formula is C15H15BrFNO2. The van der Waals surface area contributed by atoms with Crippen LogP contribution in [0, 0.1) is 5.82 Å². The van der Waals surface area contributed by atoms with Crippen molar-refractivity contribution in [3.63, 3.8) is 0 Å². The minimum Gasteiger partial charge on any atom is -0.491 e. The standard InChI is InChI=1S/C15H15BrFNO2/c1-9(2)19-12-6-11(18)7-13(8-12)20-15-4-3-10(17)5-14(15)16/h3-9H,18H2,1-2H3. The largest absolute Gasteiger partial charge is 0.491 e. The molecule has 2 aromatic carbocycles. The third kappa shape index (κ3) is 3.87. The molecule has 0 spiro atoms. The highest BCUT2D eigenvalue weighted by Crippen LogP contribution is 2.33. The molecule has 0 amide bonds. The predicted octanol–water partition coefficient (Wildman–Crippen LogP) is 4.75. The Kier molecular flexibility index (Phi) is 4.49. The van der Waals surface area contributed by atoms with Gasteiger partial charge in [-0.2, -0.15) is 0 Å². The summed E-state index contributed by atoms with van der Waals surface area (Å²) >= 11 is 3.25. The van der Waals surface area contributed by atoms with Crippen LogP contribution in [0.15, 0.2) is 40.9 Å². The van der Waals surface area contributed by atoms with Gasteiger partial charge in [-0.05, 0) is 48.0 Å². The van der Waals surface area contributed by atoms with Gasteiger partial charge in [-0.1, -0.05) is 0 Å². The molecule has 0 aromatic heterocycles. The van der Waals surface area contributed by atoms with Crippen LogP contribution in [0.1, 0.15) is 13.8 Å². The van der Waals surface area contributed by atoms with Gasteiger partial charge in [0.05, 0.1) is 10.6 Å². The highest BCUT2D eigenvalue weighted by atomic mass is 79.9. The van der Waals surface area contributed by atoms with Crippen molar-refractivity contribution in [3.8, 4) is 17.2 Å². The van der Waals surface area contributed by atoms with Gasteiger partial charge in [0.1, 0.15) is 23.1 Å². The van der Waals surface area contributed by atoms with E-state index in [-0.39, 0.29) is 11.9 Å². The van der Waals surface area contributed by atoms with E-state index >= 15 is 0 Å². The van der Waals surface area contributed by atoms with Gasteiger partial charge >= 0.3 is 0 Å². The van der Waals surface area contributed by atoms with Crippen LogP contribution in [-0.4, -0.2) is 6.10 Å². The van der Waals surface area contributed by atoms with E-state index in [1.54, 1.807) is 24.3 Å². The predicted molar refractivity (Wildman–Crippen MR) is 80.8 cm³/mol. The zero-order valence-corrected chi connectivity index (χ0v) is 12.8. The summed E-state index contributed by atoms with van der Waals surface area (Å²) in [6.07, 6.45) is 0.0437. The Hall–Kier alpha value is -1.75. The fourth-order valence-electron chi connectivity index (χ4n) is 1.68. The summed E-state index contributed by atoms with van der Waals surface area (Å²) < 4.78 is 24.9. The van der Waals surface area contributed by atoms with Crippen LogP contribution < -0.4 is 15.2 Å². The zero-order chi connectivity index (χ0) is 14.7. The molecule has 5 heteroatoms. The highest BCUT2D eigenvalue weighted by molar-refractivity contribution is 9.10. The zero-order valence-electron chi connectivity index (χ0n) is 11.2. The molecule has 0 fully saturated rings. The maximum Gasteiger partial charge on any atom is 0.141 e. The minimum absolute atomic E-state index is 0.0437. The van der Waals surface area contributed by atoms with E-state index in [9.17, 15) is 4.39 Å². The molecule has 3 nitrogen and oxygen atoms in total. The van der Waals surface area contributed by atoms with Gasteiger partial charge < -0.3 is 15.2 Å². The molecule has 2 aromatic rings. The van der Waals surface area contributed by atoms with Gasteiger partial charge in [0.15, 0.2) is 0 Å². The second-order valence-electron chi connectivity index (χ2n) is 4.58. The van der Waals surface area contributed by atoms with Crippen molar-refractivity contribution in [3.05, 3.63) is 46.7 Å². The molecule has 0 aliphatic heterocycles. The van der Waals surface area contributed by atoms with Gasteiger partial charge in [-0.15, -0.1) is 0 Å². The number of anilines is 1. The Bertz CT molecular complexity index is 617. The van der Waals surface area contributed by atoms with Crippen molar-refractivity contribution >= 4 is 21.6 Å². The molecular weight excluding hydrogens is 325 g/mol. The van der Waals surface area contributed by atoms with Gasteiger partial charge in [0.25, 0.3) is 0 Å². The first-order valence-corrected chi connectivity index (χ1v) is 6.93. The van der Waals surface area contributed by atoms with Gasteiger partial charge in [0, 0.05) is 23.9 Å². The Balaban J connectivity index is 2.26. The summed E-state index contributed by atoms with van der Waals surface area (Å²) in [6.45, 7) is 3.86. The van der Waals surface area contributed by atoms with E-state index in [4.69, 9.17) is 15.2 Å². The lowest BCUT2D eigenvalue weighted by molar-refractivity contribution is 0.242. The lowest BCUT2D eigenvalue weighted by atomic mass is 10.2. The van der Waals surface area contributed by atoms with E-state index in [1.165, 1.54) is 12.1 Å². The van der Waals surface area contributed by atoms with Crippen LogP contribution in [0.2, 0.25) is 0 Å². The second kappa shape index (κ2) is 6.13. The number of rotatable bonds is 4. The monoisotopic (exact) mass is 339 g/mol. The first-order valence-electron chi connectivity index (χ1n) is 6.14. The molecule has 0 aliphatic carbocycles. The normalized spacial score (nSPS) is 10.7. The van der Waals surface area contributed by atoms with Crippen molar-refractivity contribution < 1.29 is 13.9 Å². The third-order valence-corrected chi connectivity index (χ3v) is 3.02. The minimum atomic E-state index is -0.333. The summed E-state index contributed by atoms with van der Waals surface area (Å²) in [5, 5.41) is 0. The number of hydrogen-bond acceptors (Lipinski definition) is 3.